The summed E-state index contributed by atoms with van der Waals surface area (Å²) >= 11 is 12.5. The van der Waals surface area contributed by atoms with Gasteiger partial charge in [0.25, 0.3) is 17.4 Å². The fraction of sp³-hybridized carbons (Fsp3) is 0.480. The van der Waals surface area contributed by atoms with Crippen molar-refractivity contribution in [2.45, 2.75) is 45.2 Å². The van der Waals surface area contributed by atoms with Crippen molar-refractivity contribution in [2.24, 2.45) is 0 Å². The van der Waals surface area contributed by atoms with Gasteiger partial charge < -0.3 is 19.2 Å². The average molecular weight is 546 g/mol. The fourth-order valence-corrected chi connectivity index (χ4v) is 5.64. The van der Waals surface area contributed by atoms with Crippen LogP contribution in [0.25, 0.3) is 11.6 Å². The zero-order valence-corrected chi connectivity index (χ0v) is 22.3. The number of aryl methyl sites for hydroxylation is 1. The Hall–Kier alpha value is -2.95. The summed E-state index contributed by atoms with van der Waals surface area (Å²) < 4.78 is 5.35. The van der Waals surface area contributed by atoms with E-state index < -0.39 is 5.56 Å². The first-order chi connectivity index (χ1) is 17.8. The molecule has 4 heterocycles. The normalized spacial score (nSPS) is 19.4. The summed E-state index contributed by atoms with van der Waals surface area (Å²) in [6.07, 6.45) is 2.80. The molecule has 2 aromatic heterocycles. The van der Waals surface area contributed by atoms with Gasteiger partial charge in [0, 0.05) is 62.3 Å². The van der Waals surface area contributed by atoms with Crippen LogP contribution >= 0.6 is 23.2 Å². The van der Waals surface area contributed by atoms with Crippen LogP contribution in [-0.2, 0) is 0 Å². The van der Waals surface area contributed by atoms with Crippen LogP contribution in [0, 0.1) is 6.92 Å². The molecule has 196 valence electrons. The van der Waals surface area contributed by atoms with Crippen molar-refractivity contribution in [3.63, 3.8) is 0 Å². The van der Waals surface area contributed by atoms with E-state index >= 15 is 0 Å². The van der Waals surface area contributed by atoms with Gasteiger partial charge >= 0.3 is 0 Å². The van der Waals surface area contributed by atoms with E-state index in [4.69, 9.17) is 27.6 Å². The number of aromatic nitrogens is 4. The van der Waals surface area contributed by atoms with Crippen molar-refractivity contribution in [3.05, 3.63) is 56.2 Å². The average Bonchev–Trinajstić information content (AvgIpc) is 3.35. The van der Waals surface area contributed by atoms with Crippen molar-refractivity contribution in [1.29, 1.82) is 0 Å². The van der Waals surface area contributed by atoms with E-state index in [-0.39, 0.29) is 28.7 Å². The van der Waals surface area contributed by atoms with E-state index in [9.17, 15) is 9.59 Å². The van der Waals surface area contributed by atoms with Crippen molar-refractivity contribution in [3.8, 4) is 11.6 Å². The molecule has 12 heteroatoms. The number of carbonyl (C=O) groups excluding carboxylic acids is 1. The number of anilines is 1. The maximum atomic E-state index is 12.9. The van der Waals surface area contributed by atoms with Gasteiger partial charge in [0.2, 0.25) is 5.89 Å². The summed E-state index contributed by atoms with van der Waals surface area (Å²) in [5, 5.41) is 8.45. The van der Waals surface area contributed by atoms with E-state index in [1.54, 1.807) is 31.2 Å². The maximum Gasteiger partial charge on any atom is 0.281 e. The first-order valence-electron chi connectivity index (χ1n) is 12.5. The van der Waals surface area contributed by atoms with Crippen LogP contribution in [0.2, 0.25) is 10.2 Å². The third kappa shape index (κ3) is 5.37. The van der Waals surface area contributed by atoms with E-state index in [2.05, 4.69) is 36.9 Å². The lowest BCUT2D eigenvalue weighted by Gasteiger charge is -2.47. The number of nitrogens with zero attached hydrogens (tertiary/aromatic N) is 6. The van der Waals surface area contributed by atoms with Gasteiger partial charge in [0.05, 0.1) is 0 Å². The molecule has 0 aliphatic carbocycles. The zero-order chi connectivity index (χ0) is 26.1. The molecule has 2 fully saturated rings. The van der Waals surface area contributed by atoms with Gasteiger partial charge in [-0.05, 0) is 43.5 Å². The number of aromatic amines is 1. The van der Waals surface area contributed by atoms with Crippen LogP contribution in [-0.4, -0.2) is 80.7 Å². The van der Waals surface area contributed by atoms with Crippen LogP contribution in [0.3, 0.4) is 0 Å². The minimum Gasteiger partial charge on any atom is -0.419 e. The van der Waals surface area contributed by atoms with Gasteiger partial charge in [-0.1, -0.05) is 30.1 Å². The number of amides is 1. The third-order valence-electron chi connectivity index (χ3n) is 7.21. The number of piperazine rings is 1. The van der Waals surface area contributed by atoms with Crippen LogP contribution in [0.4, 0.5) is 5.82 Å². The van der Waals surface area contributed by atoms with Gasteiger partial charge in [-0.2, -0.15) is 0 Å². The molecule has 2 aliphatic rings. The SMILES string of the molecule is CC[C@H]1CN(c2[nH]c(=O)c(-c3nnc(C)o3)nc2Cl)CCN1C1CCN(C(=O)c2ccc(Cl)cc2)CC1. The molecule has 2 aliphatic heterocycles. The molecule has 0 unspecified atom stereocenters. The number of piperidine rings is 1. The molecule has 0 saturated carbocycles. The molecular formula is C25H29Cl2N7O3. The van der Waals surface area contributed by atoms with Crippen LogP contribution in [0.15, 0.2) is 33.5 Å². The summed E-state index contributed by atoms with van der Waals surface area (Å²) in [6, 6.07) is 7.75. The summed E-state index contributed by atoms with van der Waals surface area (Å²) in [5.74, 6) is 0.952. The van der Waals surface area contributed by atoms with Crippen LogP contribution < -0.4 is 10.5 Å². The lowest BCUT2D eigenvalue weighted by atomic mass is 9.97. The largest absolute Gasteiger partial charge is 0.419 e. The second-order valence-corrected chi connectivity index (χ2v) is 10.3. The van der Waals surface area contributed by atoms with E-state index in [1.165, 1.54) is 0 Å². The Bertz CT molecular complexity index is 1320. The zero-order valence-electron chi connectivity index (χ0n) is 20.8. The molecule has 10 nitrogen and oxygen atoms in total. The molecule has 37 heavy (non-hydrogen) atoms. The summed E-state index contributed by atoms with van der Waals surface area (Å²) in [7, 11) is 0. The monoisotopic (exact) mass is 545 g/mol. The number of halogens is 2. The summed E-state index contributed by atoms with van der Waals surface area (Å²) in [5.41, 5.74) is 0.263. The molecular weight excluding hydrogens is 517 g/mol. The summed E-state index contributed by atoms with van der Waals surface area (Å²) in [6.45, 7) is 7.52. The standard InChI is InChI=1S/C25H29Cl2N7O3/c1-3-18-14-33(22-21(27)28-20(23(35)29-22)24-31-30-15(2)37-24)12-13-34(18)19-8-10-32(11-9-19)25(36)16-4-6-17(26)7-5-16/h4-7,18-19H,3,8-14H2,1-2H3,(H,29,35)/t18-/m0/s1. The number of H-pyrrole nitrogens is 1. The highest BCUT2D eigenvalue weighted by molar-refractivity contribution is 6.31. The quantitative estimate of drug-likeness (QED) is 0.517. The molecule has 0 bridgehead atoms. The highest BCUT2D eigenvalue weighted by Gasteiger charge is 2.35. The number of rotatable bonds is 5. The molecule has 3 aromatic rings. The molecule has 1 aromatic carbocycles. The number of benzene rings is 1. The predicted octanol–water partition coefficient (Wildman–Crippen LogP) is 3.64. The number of hydrogen-bond acceptors (Lipinski definition) is 8. The van der Waals surface area contributed by atoms with E-state index in [0.29, 0.717) is 34.9 Å². The van der Waals surface area contributed by atoms with Crippen molar-refractivity contribution in [2.75, 3.05) is 37.6 Å². The summed E-state index contributed by atoms with van der Waals surface area (Å²) in [4.78, 5) is 39.3. The molecule has 2 saturated heterocycles. The molecule has 1 amide bonds. The minimum absolute atomic E-state index is 0.0138. The van der Waals surface area contributed by atoms with Crippen molar-refractivity contribution < 1.29 is 9.21 Å². The Balaban J connectivity index is 1.23. The predicted molar refractivity (Wildman–Crippen MR) is 141 cm³/mol. The van der Waals surface area contributed by atoms with Gasteiger partial charge in [-0.15, -0.1) is 10.2 Å². The topological polar surface area (TPSA) is 111 Å². The Labute approximate surface area is 224 Å². The molecule has 0 radical (unpaired) electrons. The highest BCUT2D eigenvalue weighted by atomic mass is 35.5. The van der Waals surface area contributed by atoms with Gasteiger partial charge in [-0.25, -0.2) is 4.98 Å². The Kier molecular flexibility index (Phi) is 7.50. The molecule has 0 spiro atoms. The first kappa shape index (κ1) is 25.7. The second kappa shape index (κ2) is 10.8. The maximum absolute atomic E-state index is 12.9. The van der Waals surface area contributed by atoms with Gasteiger partial charge in [-0.3, -0.25) is 14.5 Å². The van der Waals surface area contributed by atoms with E-state index in [1.807, 2.05) is 4.90 Å². The lowest BCUT2D eigenvalue weighted by Crippen LogP contribution is -2.59. The smallest absolute Gasteiger partial charge is 0.281 e. The Morgan fingerprint density at radius 1 is 1.11 bits per heavy atom. The van der Waals surface area contributed by atoms with E-state index in [0.717, 1.165) is 45.4 Å². The number of likely N-dealkylation sites (tertiary alicyclic amines) is 1. The number of nitrogens with one attached hydrogen (secondary N) is 1. The van der Waals surface area contributed by atoms with Crippen molar-refractivity contribution >= 4 is 34.9 Å². The number of hydrogen-bond donors (Lipinski definition) is 1. The Morgan fingerprint density at radius 3 is 2.49 bits per heavy atom. The number of carbonyl (C=O) groups is 1. The molecule has 5 rings (SSSR count). The van der Waals surface area contributed by atoms with Crippen LogP contribution in [0.5, 0.6) is 0 Å². The highest BCUT2D eigenvalue weighted by Crippen LogP contribution is 2.29. The molecule has 1 atom stereocenters. The molecule has 1 N–H and O–H groups in total. The van der Waals surface area contributed by atoms with Crippen molar-refractivity contribution in [1.82, 2.24) is 30.0 Å². The minimum atomic E-state index is -0.420. The second-order valence-electron chi connectivity index (χ2n) is 9.46. The first-order valence-corrected chi connectivity index (χ1v) is 13.3. The van der Waals surface area contributed by atoms with Gasteiger partial charge in [0.15, 0.2) is 10.8 Å². The lowest BCUT2D eigenvalue weighted by molar-refractivity contribution is 0.0491. The third-order valence-corrected chi connectivity index (χ3v) is 7.72. The fourth-order valence-electron chi connectivity index (χ4n) is 5.26. The van der Waals surface area contributed by atoms with Crippen LogP contribution in [0.1, 0.15) is 42.4 Å². The van der Waals surface area contributed by atoms with Gasteiger partial charge in [0.1, 0.15) is 5.82 Å². The Morgan fingerprint density at radius 2 is 1.84 bits per heavy atom.